The molecule has 8 atom stereocenters. The Kier molecular flexibility index (Phi) is 16.7. The van der Waals surface area contributed by atoms with Crippen LogP contribution in [-0.4, -0.2) is 121 Å². The molecule has 2 aliphatic rings. The van der Waals surface area contributed by atoms with E-state index in [1.807, 2.05) is 38.1 Å². The number of fused-ring (bicyclic) bond motifs is 2. The number of H-pyrrole nitrogens is 1. The third kappa shape index (κ3) is 12.8. The van der Waals surface area contributed by atoms with Gasteiger partial charge in [0.2, 0.25) is 47.3 Å². The first kappa shape index (κ1) is 50.3. The fourth-order valence-electron chi connectivity index (χ4n) is 8.88. The number of para-hydroxylation sites is 1. The number of rotatable bonds is 10. The zero-order valence-corrected chi connectivity index (χ0v) is 38.9. The lowest BCUT2D eigenvalue weighted by Crippen LogP contribution is -2.60. The van der Waals surface area contributed by atoms with Gasteiger partial charge >= 0.3 is 0 Å². The number of hydrogen-bond donors (Lipinski definition) is 9. The van der Waals surface area contributed by atoms with Crippen LogP contribution in [0, 0.1) is 19.8 Å². The van der Waals surface area contributed by atoms with Crippen molar-refractivity contribution in [3.63, 3.8) is 0 Å². The molecule has 0 spiro atoms. The van der Waals surface area contributed by atoms with Gasteiger partial charge in [0.1, 0.15) is 30.2 Å². The fourth-order valence-corrected chi connectivity index (χ4v) is 8.88. The molecule has 68 heavy (non-hydrogen) atoms. The topological polar surface area (TPSA) is 325 Å². The van der Waals surface area contributed by atoms with Crippen LogP contribution < -0.4 is 43.8 Å². The van der Waals surface area contributed by atoms with Crippen molar-refractivity contribution in [3.8, 4) is 0 Å². The first-order valence-electron chi connectivity index (χ1n) is 23.0. The third-order valence-electron chi connectivity index (χ3n) is 12.7. The molecule has 364 valence electrons. The molecule has 4 aromatic rings. The highest BCUT2D eigenvalue weighted by molar-refractivity contribution is 5.99. The van der Waals surface area contributed by atoms with Crippen molar-refractivity contribution in [2.24, 2.45) is 23.1 Å². The van der Waals surface area contributed by atoms with Gasteiger partial charge in [0.25, 0.3) is 0 Å². The van der Waals surface area contributed by atoms with Crippen LogP contribution >= 0.6 is 0 Å². The minimum atomic E-state index is -1.58. The van der Waals surface area contributed by atoms with Crippen LogP contribution in [0.25, 0.3) is 10.9 Å². The van der Waals surface area contributed by atoms with Crippen LogP contribution in [0.15, 0.2) is 54.9 Å². The van der Waals surface area contributed by atoms with Crippen molar-refractivity contribution in [3.05, 3.63) is 82.8 Å². The van der Waals surface area contributed by atoms with Crippen LogP contribution in [0.1, 0.15) is 92.8 Å². The number of aromatic nitrogens is 4. The first-order chi connectivity index (χ1) is 32.4. The molecule has 12 N–H and O–H groups in total. The summed E-state index contributed by atoms with van der Waals surface area (Å²) in [5.74, 6) is -6.77. The molecule has 21 nitrogen and oxygen atoms in total. The number of nitrogens with one attached hydrogen (secondary N) is 6. The molecule has 0 bridgehead atoms. The van der Waals surface area contributed by atoms with Crippen molar-refractivity contribution in [2.45, 2.75) is 128 Å². The summed E-state index contributed by atoms with van der Waals surface area (Å²) in [4.78, 5) is 114. The van der Waals surface area contributed by atoms with Crippen LogP contribution in [-0.2, 0) is 51.2 Å². The molecule has 4 heterocycles. The molecule has 2 aromatic heterocycles. The van der Waals surface area contributed by atoms with Gasteiger partial charge < -0.3 is 53.7 Å². The summed E-state index contributed by atoms with van der Waals surface area (Å²) in [6.45, 7) is 7.61. The number of primary amides is 2. The van der Waals surface area contributed by atoms with Crippen molar-refractivity contribution in [1.29, 1.82) is 0 Å². The van der Waals surface area contributed by atoms with Crippen LogP contribution in [0.3, 0.4) is 0 Å². The van der Waals surface area contributed by atoms with Gasteiger partial charge in [-0.1, -0.05) is 73.0 Å². The van der Waals surface area contributed by atoms with Crippen molar-refractivity contribution >= 4 is 58.2 Å². The second kappa shape index (κ2) is 22.6. The van der Waals surface area contributed by atoms with Crippen LogP contribution in [0.4, 0.5) is 0 Å². The number of hydrogen-bond acceptors (Lipinski definition) is 11. The van der Waals surface area contributed by atoms with Gasteiger partial charge in [-0.3, -0.25) is 38.4 Å². The monoisotopic (exact) mass is 937 g/mol. The van der Waals surface area contributed by atoms with Crippen molar-refractivity contribution < 1.29 is 38.4 Å². The van der Waals surface area contributed by atoms with E-state index in [2.05, 4.69) is 60.1 Å². The summed E-state index contributed by atoms with van der Waals surface area (Å²) in [7, 11) is 0. The Labute approximate surface area is 393 Å². The number of aromatic amines is 1. The molecule has 2 fully saturated rings. The largest absolute Gasteiger partial charge is 0.370 e. The lowest BCUT2D eigenvalue weighted by atomic mass is 9.96. The SMILES string of the molecule is CC[C@H](C)[C@@H]1NC(=O)C(CC(N)=O)NC(=O)[C@@H](N)CC(=O)NCCCCC(C(N)=O)NC(=O)[C@H](Cc2c[nH]c3ccccc23)NC(=O)[C@@H]2CC(n3cc(Cc4cc(C)cc(C)c4)nn3)CN2C1=O. The Morgan fingerprint density at radius 2 is 1.59 bits per heavy atom. The van der Waals surface area contributed by atoms with Gasteiger partial charge in [-0.05, 0) is 56.2 Å². The molecule has 8 amide bonds. The maximum Gasteiger partial charge on any atom is 0.246 e. The van der Waals surface area contributed by atoms with Crippen LogP contribution in [0.5, 0.6) is 0 Å². The molecule has 2 saturated heterocycles. The first-order valence-corrected chi connectivity index (χ1v) is 23.0. The number of amides is 8. The van der Waals surface area contributed by atoms with E-state index >= 15 is 4.79 Å². The number of carbonyl (C=O) groups excluding carboxylic acids is 8. The zero-order valence-electron chi connectivity index (χ0n) is 38.9. The predicted molar refractivity (Wildman–Crippen MR) is 250 cm³/mol. The van der Waals surface area contributed by atoms with E-state index in [1.165, 1.54) is 4.90 Å². The summed E-state index contributed by atoms with van der Waals surface area (Å²) in [5.41, 5.74) is 22.7. The van der Waals surface area contributed by atoms with Gasteiger partial charge in [-0.15, -0.1) is 5.10 Å². The molecule has 0 radical (unpaired) electrons. The molecular formula is C47H63N13O8. The average molecular weight is 938 g/mol. The minimum absolute atomic E-state index is 0.0191. The van der Waals surface area contributed by atoms with Gasteiger partial charge in [0.15, 0.2) is 0 Å². The number of carbonyl (C=O) groups is 8. The molecule has 6 rings (SSSR count). The van der Waals surface area contributed by atoms with E-state index in [9.17, 15) is 33.6 Å². The lowest BCUT2D eigenvalue weighted by Gasteiger charge is -2.33. The van der Waals surface area contributed by atoms with E-state index in [4.69, 9.17) is 17.2 Å². The summed E-state index contributed by atoms with van der Waals surface area (Å²) < 4.78 is 1.60. The quantitative estimate of drug-likeness (QED) is 0.0996. The molecule has 3 unspecified atom stereocenters. The molecule has 0 saturated carbocycles. The summed E-state index contributed by atoms with van der Waals surface area (Å²) in [5, 5.41) is 23.1. The number of aryl methyl sites for hydroxylation is 2. The minimum Gasteiger partial charge on any atom is -0.370 e. The highest BCUT2D eigenvalue weighted by Gasteiger charge is 2.45. The Hall–Kier alpha value is -7.16. The van der Waals surface area contributed by atoms with E-state index in [0.29, 0.717) is 36.9 Å². The predicted octanol–water partition coefficient (Wildman–Crippen LogP) is -0.285. The standard InChI is InChI=1S/C47H63N13O8/c1-5-27(4)41-47(68)59-24-31(60-23-30(57-58-60)17-28-15-25(2)14-26(3)16-28)19-38(59)46(67)55-36(18-29-22-52-34-11-7-6-10-32(29)34)44(65)53-35(42(50)63)12-8-9-13-51-40(62)20-33(48)43(64)54-37(21-39(49)61)45(66)56-41/h6-7,10-11,14-16,22-23,27,31,33,35-38,41,52H,5,8-9,12-13,17-21,24,48H2,1-4H3,(H2,49,61)(H2,50,63)(H,51,62)(H,53,65)(H,54,64)(H,55,67)(H,56,66)/t27-,31?,33-,35?,36-,37?,38-,41-/m0/s1. The molecule has 2 aromatic carbocycles. The molecule has 21 heteroatoms. The summed E-state index contributed by atoms with van der Waals surface area (Å²) in [6.07, 6.45) is 4.01. The second-order valence-corrected chi connectivity index (χ2v) is 18.1. The van der Waals surface area contributed by atoms with E-state index in [1.54, 1.807) is 30.9 Å². The Balaban J connectivity index is 1.38. The summed E-state index contributed by atoms with van der Waals surface area (Å²) in [6, 6.07) is 5.08. The molecule has 2 aliphatic heterocycles. The van der Waals surface area contributed by atoms with E-state index in [-0.39, 0.29) is 32.4 Å². The fraction of sp³-hybridized carbons (Fsp3) is 0.489. The van der Waals surface area contributed by atoms with Gasteiger partial charge in [-0.2, -0.15) is 0 Å². The zero-order chi connectivity index (χ0) is 49.2. The smallest absolute Gasteiger partial charge is 0.246 e. The van der Waals surface area contributed by atoms with Crippen LogP contribution in [0.2, 0.25) is 0 Å². The van der Waals surface area contributed by atoms with Gasteiger partial charge in [-0.25, -0.2) is 4.68 Å². The second-order valence-electron chi connectivity index (χ2n) is 18.1. The maximum atomic E-state index is 15.0. The summed E-state index contributed by atoms with van der Waals surface area (Å²) >= 11 is 0. The average Bonchev–Trinajstić information content (AvgIpc) is 4.05. The molecular weight excluding hydrogens is 875 g/mol. The van der Waals surface area contributed by atoms with E-state index in [0.717, 1.165) is 27.6 Å². The number of nitrogens with zero attached hydrogens (tertiary/aromatic N) is 4. The van der Waals surface area contributed by atoms with Crippen molar-refractivity contribution in [1.82, 2.24) is 51.5 Å². The lowest BCUT2D eigenvalue weighted by molar-refractivity contribution is -0.143. The Bertz CT molecular complexity index is 2500. The number of nitrogens with two attached hydrogens (primary N) is 3. The highest BCUT2D eigenvalue weighted by atomic mass is 16.2. The van der Waals surface area contributed by atoms with Gasteiger partial charge in [0.05, 0.1) is 30.6 Å². The Morgan fingerprint density at radius 1 is 0.882 bits per heavy atom. The third-order valence-corrected chi connectivity index (χ3v) is 12.7. The normalized spacial score (nSPS) is 24.5. The molecule has 0 aliphatic carbocycles. The van der Waals surface area contributed by atoms with E-state index < -0.39 is 108 Å². The van der Waals surface area contributed by atoms with Crippen molar-refractivity contribution in [2.75, 3.05) is 13.1 Å². The van der Waals surface area contributed by atoms with Gasteiger partial charge in [0, 0.05) is 55.6 Å². The maximum absolute atomic E-state index is 15.0. The Morgan fingerprint density at radius 3 is 2.29 bits per heavy atom. The number of benzene rings is 2. The highest BCUT2D eigenvalue weighted by Crippen LogP contribution is 2.30.